The van der Waals surface area contributed by atoms with Crippen LogP contribution in [0.15, 0.2) is 12.1 Å². The van der Waals surface area contributed by atoms with E-state index in [0.717, 1.165) is 0 Å². The largest absolute Gasteiger partial charge is 0.507 e. The second-order valence-electron chi connectivity index (χ2n) is 8.85. The summed E-state index contributed by atoms with van der Waals surface area (Å²) in [6, 6.07) is 2.60. The Hall–Kier alpha value is -1.76. The number of aromatic hydroxyl groups is 1. The third-order valence-electron chi connectivity index (χ3n) is 4.73. The third-order valence-corrected chi connectivity index (χ3v) is 4.73. The van der Waals surface area contributed by atoms with Gasteiger partial charge >= 0.3 is 6.18 Å². The van der Waals surface area contributed by atoms with Crippen molar-refractivity contribution in [2.75, 3.05) is 13.1 Å². The second kappa shape index (κ2) is 6.15. The zero-order chi connectivity index (χ0) is 20.1. The number of phenolic OH excluding ortho intramolecular Hbond substituents is 1. The molecule has 1 aromatic carbocycles. The van der Waals surface area contributed by atoms with Crippen molar-refractivity contribution < 1.29 is 23.1 Å². The number of carbonyl (C=O) groups is 1. The standard InChI is InChI=1S/C19H27F3N2O2/c1-16(2,3)12-9-11(10-13(14(12)25)17(4,5)6)18(19(20,21)22)15(26)23-7-8-24-18/h9-10,24-25H,7-8H2,1-6H3,(H,23,26). The number of alkyl halides is 3. The molecule has 26 heavy (non-hydrogen) atoms. The summed E-state index contributed by atoms with van der Waals surface area (Å²) in [4.78, 5) is 12.4. The summed E-state index contributed by atoms with van der Waals surface area (Å²) >= 11 is 0. The molecule has 0 aromatic heterocycles. The maximum atomic E-state index is 14.1. The molecule has 3 N–H and O–H groups in total. The molecule has 1 amide bonds. The Bertz CT molecular complexity index is 680. The minimum Gasteiger partial charge on any atom is -0.507 e. The summed E-state index contributed by atoms with van der Waals surface area (Å²) in [6.07, 6.45) is -4.83. The molecule has 2 rings (SSSR count). The van der Waals surface area contributed by atoms with E-state index in [1.54, 1.807) is 0 Å². The van der Waals surface area contributed by atoms with Gasteiger partial charge in [-0.25, -0.2) is 0 Å². The number of benzene rings is 1. The lowest BCUT2D eigenvalue weighted by Crippen LogP contribution is -2.67. The van der Waals surface area contributed by atoms with Crippen LogP contribution in [0.1, 0.15) is 58.2 Å². The average Bonchev–Trinajstić information content (AvgIpc) is 2.44. The van der Waals surface area contributed by atoms with Gasteiger partial charge in [-0.2, -0.15) is 13.2 Å². The molecule has 1 unspecified atom stereocenters. The molecule has 1 aliphatic heterocycles. The van der Waals surface area contributed by atoms with Crippen LogP contribution in [0.5, 0.6) is 5.75 Å². The molecule has 1 fully saturated rings. The molecule has 1 atom stereocenters. The minimum atomic E-state index is -4.83. The third kappa shape index (κ3) is 3.29. The first kappa shape index (κ1) is 20.6. The molecular formula is C19H27F3N2O2. The van der Waals surface area contributed by atoms with Crippen molar-refractivity contribution in [2.24, 2.45) is 0 Å². The molecule has 0 saturated carbocycles. The summed E-state index contributed by atoms with van der Waals surface area (Å²) in [5, 5.41) is 15.5. The Morgan fingerprint density at radius 3 is 1.77 bits per heavy atom. The fourth-order valence-electron chi connectivity index (χ4n) is 3.26. The zero-order valence-corrected chi connectivity index (χ0v) is 16.1. The number of phenols is 1. The summed E-state index contributed by atoms with van der Waals surface area (Å²) in [7, 11) is 0. The maximum absolute atomic E-state index is 14.1. The lowest BCUT2D eigenvalue weighted by atomic mass is 9.75. The summed E-state index contributed by atoms with van der Waals surface area (Å²) in [5.74, 6) is -1.15. The highest BCUT2D eigenvalue weighted by atomic mass is 19.4. The molecule has 1 saturated heterocycles. The van der Waals surface area contributed by atoms with Crippen LogP contribution in [-0.2, 0) is 21.2 Å². The second-order valence-corrected chi connectivity index (χ2v) is 8.85. The molecule has 4 nitrogen and oxygen atoms in total. The van der Waals surface area contributed by atoms with E-state index < -0.39 is 28.5 Å². The molecule has 7 heteroatoms. The van der Waals surface area contributed by atoms with E-state index in [1.165, 1.54) is 12.1 Å². The summed E-state index contributed by atoms with van der Waals surface area (Å²) in [5.41, 5.74) is -3.48. The number of amides is 1. The van der Waals surface area contributed by atoms with E-state index in [1.807, 2.05) is 41.5 Å². The monoisotopic (exact) mass is 372 g/mol. The van der Waals surface area contributed by atoms with Crippen LogP contribution < -0.4 is 10.6 Å². The Morgan fingerprint density at radius 1 is 0.962 bits per heavy atom. The van der Waals surface area contributed by atoms with Crippen molar-refractivity contribution >= 4 is 5.91 Å². The number of hydrogen-bond acceptors (Lipinski definition) is 3. The predicted octanol–water partition coefficient (Wildman–Crippen LogP) is 3.46. The highest BCUT2D eigenvalue weighted by Gasteiger charge is 2.62. The maximum Gasteiger partial charge on any atom is 0.419 e. The van der Waals surface area contributed by atoms with Crippen molar-refractivity contribution in [3.05, 3.63) is 28.8 Å². The molecule has 146 valence electrons. The van der Waals surface area contributed by atoms with Crippen LogP contribution >= 0.6 is 0 Å². The normalized spacial score (nSPS) is 22.3. The number of nitrogens with one attached hydrogen (secondary N) is 2. The first-order chi connectivity index (χ1) is 11.6. The highest BCUT2D eigenvalue weighted by molar-refractivity contribution is 5.90. The number of piperazine rings is 1. The van der Waals surface area contributed by atoms with E-state index >= 15 is 0 Å². The number of carbonyl (C=O) groups excluding carboxylic acids is 1. The van der Waals surface area contributed by atoms with Crippen molar-refractivity contribution in [2.45, 2.75) is 64.1 Å². The summed E-state index contributed by atoms with van der Waals surface area (Å²) in [6.45, 7) is 11.0. The van der Waals surface area contributed by atoms with E-state index in [0.29, 0.717) is 11.1 Å². The highest BCUT2D eigenvalue weighted by Crippen LogP contribution is 2.46. The molecule has 0 aliphatic carbocycles. The first-order valence-electron chi connectivity index (χ1n) is 8.61. The molecule has 1 aliphatic rings. The van der Waals surface area contributed by atoms with Crippen molar-refractivity contribution in [3.63, 3.8) is 0 Å². The van der Waals surface area contributed by atoms with Gasteiger partial charge in [-0.15, -0.1) is 0 Å². The van der Waals surface area contributed by atoms with Crippen LogP contribution in [0.2, 0.25) is 0 Å². The Kier molecular flexibility index (Phi) is 4.86. The van der Waals surface area contributed by atoms with Crippen molar-refractivity contribution in [3.8, 4) is 5.75 Å². The van der Waals surface area contributed by atoms with Gasteiger partial charge in [0.1, 0.15) is 5.75 Å². The number of halogens is 3. The minimum absolute atomic E-state index is 0.00181. The van der Waals surface area contributed by atoms with Crippen LogP contribution in [0, 0.1) is 0 Å². The van der Waals surface area contributed by atoms with E-state index in [-0.39, 0.29) is 24.4 Å². The van der Waals surface area contributed by atoms with Gasteiger partial charge in [0, 0.05) is 13.1 Å². The van der Waals surface area contributed by atoms with E-state index in [4.69, 9.17) is 0 Å². The van der Waals surface area contributed by atoms with Crippen LogP contribution in [-0.4, -0.2) is 30.3 Å². The Labute approximate surface area is 152 Å². The van der Waals surface area contributed by atoms with E-state index in [9.17, 15) is 23.1 Å². The van der Waals surface area contributed by atoms with Gasteiger partial charge in [0.05, 0.1) is 0 Å². The van der Waals surface area contributed by atoms with Gasteiger partial charge < -0.3 is 10.4 Å². The molecular weight excluding hydrogens is 345 g/mol. The fourth-order valence-corrected chi connectivity index (χ4v) is 3.26. The van der Waals surface area contributed by atoms with Crippen molar-refractivity contribution in [1.82, 2.24) is 10.6 Å². The zero-order valence-electron chi connectivity index (χ0n) is 16.1. The molecule has 0 spiro atoms. The predicted molar refractivity (Wildman–Crippen MR) is 94.3 cm³/mol. The van der Waals surface area contributed by atoms with Crippen molar-refractivity contribution in [1.29, 1.82) is 0 Å². The average molecular weight is 372 g/mol. The Morgan fingerprint density at radius 2 is 1.42 bits per heavy atom. The van der Waals surface area contributed by atoms with Crippen LogP contribution in [0.4, 0.5) is 13.2 Å². The van der Waals surface area contributed by atoms with Crippen LogP contribution in [0.25, 0.3) is 0 Å². The van der Waals surface area contributed by atoms with Crippen LogP contribution in [0.3, 0.4) is 0 Å². The molecule has 0 radical (unpaired) electrons. The fraction of sp³-hybridized carbons (Fsp3) is 0.632. The van der Waals surface area contributed by atoms with E-state index in [2.05, 4.69) is 10.6 Å². The Balaban J connectivity index is 2.88. The first-order valence-corrected chi connectivity index (χ1v) is 8.61. The summed E-state index contributed by atoms with van der Waals surface area (Å²) < 4.78 is 42.3. The van der Waals surface area contributed by atoms with Gasteiger partial charge in [0.2, 0.25) is 5.54 Å². The van der Waals surface area contributed by atoms with Gasteiger partial charge in [-0.05, 0) is 39.7 Å². The molecule has 1 aromatic rings. The number of hydrogen-bond donors (Lipinski definition) is 3. The van der Waals surface area contributed by atoms with Gasteiger partial charge in [0.15, 0.2) is 0 Å². The molecule has 1 heterocycles. The smallest absolute Gasteiger partial charge is 0.419 e. The lowest BCUT2D eigenvalue weighted by Gasteiger charge is -2.40. The molecule has 0 bridgehead atoms. The lowest BCUT2D eigenvalue weighted by molar-refractivity contribution is -0.206. The topological polar surface area (TPSA) is 61.4 Å². The van der Waals surface area contributed by atoms with Gasteiger partial charge in [0.25, 0.3) is 5.91 Å². The number of rotatable bonds is 1. The van der Waals surface area contributed by atoms with Gasteiger partial charge in [-0.3, -0.25) is 10.1 Å². The SMILES string of the molecule is CC(C)(C)c1cc(C2(C(F)(F)F)NCCNC2=O)cc(C(C)(C)C)c1O. The quantitative estimate of drug-likeness (QED) is 0.707. The van der Waals surface area contributed by atoms with Gasteiger partial charge in [-0.1, -0.05) is 41.5 Å².